The maximum Gasteiger partial charge on any atom is 0.223 e. The zero-order valence-electron chi connectivity index (χ0n) is 9.39. The van der Waals surface area contributed by atoms with Crippen LogP contribution in [0.1, 0.15) is 46.0 Å². The molecule has 2 heteroatoms. The Hall–Kier alpha value is 0.0249. The number of hydrogen-bond acceptors (Lipinski definition) is 1. The Labute approximate surface area is 84.0 Å². The van der Waals surface area contributed by atoms with Crippen molar-refractivity contribution in [2.75, 3.05) is 13.1 Å². The topological polar surface area (TPSA) is 3.24 Å². The van der Waals surface area contributed by atoms with Gasteiger partial charge in [-0.2, -0.15) is 0 Å². The van der Waals surface area contributed by atoms with Crippen molar-refractivity contribution >= 4 is 6.85 Å². The average molecular weight is 181 g/mol. The molecule has 0 aromatic heterocycles. The van der Waals surface area contributed by atoms with Crippen LogP contribution in [0.4, 0.5) is 0 Å². The van der Waals surface area contributed by atoms with Crippen molar-refractivity contribution in [1.29, 1.82) is 0 Å². The SMILES string of the molecule is CCCB(CCC)N1CCCCC1. The van der Waals surface area contributed by atoms with Gasteiger partial charge < -0.3 is 4.81 Å². The van der Waals surface area contributed by atoms with E-state index in [1.54, 1.807) is 0 Å². The fourth-order valence-electron chi connectivity index (χ4n) is 2.46. The van der Waals surface area contributed by atoms with Gasteiger partial charge in [0.05, 0.1) is 0 Å². The molecule has 1 heterocycles. The molecule has 0 unspecified atom stereocenters. The van der Waals surface area contributed by atoms with Gasteiger partial charge in [0.1, 0.15) is 0 Å². The zero-order chi connectivity index (χ0) is 9.52. The molecular weight excluding hydrogens is 157 g/mol. The van der Waals surface area contributed by atoms with Crippen molar-refractivity contribution in [3.63, 3.8) is 0 Å². The minimum atomic E-state index is 0.898. The Kier molecular flexibility index (Phi) is 5.53. The summed E-state index contributed by atoms with van der Waals surface area (Å²) in [6.45, 7) is 8.25. The summed E-state index contributed by atoms with van der Waals surface area (Å²) >= 11 is 0. The molecule has 1 aliphatic rings. The van der Waals surface area contributed by atoms with E-state index in [9.17, 15) is 0 Å². The first-order valence-electron chi connectivity index (χ1n) is 6.12. The predicted molar refractivity (Wildman–Crippen MR) is 61.4 cm³/mol. The van der Waals surface area contributed by atoms with Gasteiger partial charge in [0, 0.05) is 0 Å². The molecule has 0 amide bonds. The minimum Gasteiger partial charge on any atom is -0.342 e. The molecule has 0 aromatic carbocycles. The lowest BCUT2D eigenvalue weighted by atomic mass is 9.52. The summed E-state index contributed by atoms with van der Waals surface area (Å²) in [5, 5.41) is 0. The molecule has 1 aliphatic heterocycles. The fraction of sp³-hybridized carbons (Fsp3) is 1.00. The second-order valence-electron chi connectivity index (χ2n) is 4.33. The second-order valence-corrected chi connectivity index (χ2v) is 4.33. The highest BCUT2D eigenvalue weighted by Gasteiger charge is 2.22. The van der Waals surface area contributed by atoms with Gasteiger partial charge in [-0.15, -0.1) is 0 Å². The molecule has 76 valence electrons. The van der Waals surface area contributed by atoms with E-state index in [1.165, 1.54) is 57.8 Å². The van der Waals surface area contributed by atoms with E-state index in [4.69, 9.17) is 0 Å². The standard InChI is InChI=1S/C11H24BN/c1-3-8-12(9-4-2)13-10-6-5-7-11-13/h3-11H2,1-2H3. The van der Waals surface area contributed by atoms with E-state index in [0.717, 1.165) is 6.85 Å². The van der Waals surface area contributed by atoms with E-state index in [2.05, 4.69) is 18.7 Å². The first-order valence-corrected chi connectivity index (χ1v) is 6.12. The summed E-state index contributed by atoms with van der Waals surface area (Å²) in [7, 11) is 0. The minimum absolute atomic E-state index is 0.898. The highest BCUT2D eigenvalue weighted by molar-refractivity contribution is 6.55. The maximum absolute atomic E-state index is 2.73. The van der Waals surface area contributed by atoms with Gasteiger partial charge in [0.2, 0.25) is 6.85 Å². The van der Waals surface area contributed by atoms with Crippen LogP contribution in [0.3, 0.4) is 0 Å². The van der Waals surface area contributed by atoms with Crippen LogP contribution in [0.25, 0.3) is 0 Å². The summed E-state index contributed by atoms with van der Waals surface area (Å²) in [5.74, 6) is 0. The van der Waals surface area contributed by atoms with Gasteiger partial charge in [-0.3, -0.25) is 0 Å². The highest BCUT2D eigenvalue weighted by Crippen LogP contribution is 2.16. The molecule has 1 rings (SSSR count). The Morgan fingerprint density at radius 1 is 0.923 bits per heavy atom. The van der Waals surface area contributed by atoms with Crippen molar-refractivity contribution in [1.82, 2.24) is 4.81 Å². The largest absolute Gasteiger partial charge is 0.342 e. The van der Waals surface area contributed by atoms with E-state index < -0.39 is 0 Å². The van der Waals surface area contributed by atoms with Crippen LogP contribution in [0.15, 0.2) is 0 Å². The van der Waals surface area contributed by atoms with Crippen LogP contribution in [0.2, 0.25) is 12.6 Å². The van der Waals surface area contributed by atoms with Crippen molar-refractivity contribution < 1.29 is 0 Å². The fourth-order valence-corrected chi connectivity index (χ4v) is 2.46. The molecular formula is C11H24BN. The lowest BCUT2D eigenvalue weighted by Gasteiger charge is -2.32. The molecule has 0 atom stereocenters. The molecule has 0 saturated carbocycles. The molecule has 0 N–H and O–H groups in total. The zero-order valence-corrected chi connectivity index (χ0v) is 9.39. The van der Waals surface area contributed by atoms with Crippen LogP contribution < -0.4 is 0 Å². The Bertz CT molecular complexity index is 115. The number of nitrogens with zero attached hydrogens (tertiary/aromatic N) is 1. The molecule has 13 heavy (non-hydrogen) atoms. The van der Waals surface area contributed by atoms with E-state index >= 15 is 0 Å². The highest BCUT2D eigenvalue weighted by atomic mass is 15.1. The van der Waals surface area contributed by atoms with Crippen molar-refractivity contribution in [3.8, 4) is 0 Å². The molecule has 0 spiro atoms. The molecule has 0 aliphatic carbocycles. The summed E-state index contributed by atoms with van der Waals surface area (Å²) in [6.07, 6.45) is 9.85. The number of rotatable bonds is 5. The quantitative estimate of drug-likeness (QED) is 0.588. The molecule has 1 fully saturated rings. The van der Waals surface area contributed by atoms with Crippen molar-refractivity contribution in [2.45, 2.75) is 58.6 Å². The monoisotopic (exact) mass is 181 g/mol. The van der Waals surface area contributed by atoms with Gasteiger partial charge in [-0.05, 0) is 25.9 Å². The third-order valence-corrected chi connectivity index (χ3v) is 3.15. The average Bonchev–Trinajstić information content (AvgIpc) is 2.19. The van der Waals surface area contributed by atoms with Gasteiger partial charge in [0.15, 0.2) is 0 Å². The molecule has 0 bridgehead atoms. The Morgan fingerprint density at radius 3 is 1.92 bits per heavy atom. The van der Waals surface area contributed by atoms with Crippen LogP contribution in [-0.4, -0.2) is 24.7 Å². The lowest BCUT2D eigenvalue weighted by Crippen LogP contribution is -2.42. The third kappa shape index (κ3) is 3.72. The maximum atomic E-state index is 2.73. The normalized spacial score (nSPS) is 18.9. The summed E-state index contributed by atoms with van der Waals surface area (Å²) in [4.78, 5) is 2.73. The number of hydrogen-bond donors (Lipinski definition) is 0. The third-order valence-electron chi connectivity index (χ3n) is 3.15. The summed E-state index contributed by atoms with van der Waals surface area (Å²) < 4.78 is 0. The summed E-state index contributed by atoms with van der Waals surface area (Å²) in [5.41, 5.74) is 0. The van der Waals surface area contributed by atoms with Gasteiger partial charge in [-0.1, -0.05) is 45.8 Å². The summed E-state index contributed by atoms with van der Waals surface area (Å²) in [6, 6.07) is 0. The first-order chi connectivity index (χ1) is 6.38. The van der Waals surface area contributed by atoms with Crippen LogP contribution >= 0.6 is 0 Å². The predicted octanol–water partition coefficient (Wildman–Crippen LogP) is 3.28. The van der Waals surface area contributed by atoms with E-state index in [-0.39, 0.29) is 0 Å². The van der Waals surface area contributed by atoms with Crippen LogP contribution in [0, 0.1) is 0 Å². The smallest absolute Gasteiger partial charge is 0.223 e. The Balaban J connectivity index is 2.32. The van der Waals surface area contributed by atoms with E-state index in [0.29, 0.717) is 0 Å². The van der Waals surface area contributed by atoms with E-state index in [1.807, 2.05) is 0 Å². The molecule has 0 aromatic rings. The van der Waals surface area contributed by atoms with Gasteiger partial charge in [-0.25, -0.2) is 0 Å². The van der Waals surface area contributed by atoms with Crippen LogP contribution in [0.5, 0.6) is 0 Å². The van der Waals surface area contributed by atoms with Gasteiger partial charge >= 0.3 is 0 Å². The Morgan fingerprint density at radius 2 is 1.46 bits per heavy atom. The first kappa shape index (κ1) is 11.1. The second kappa shape index (κ2) is 6.47. The molecule has 1 nitrogen and oxygen atoms in total. The van der Waals surface area contributed by atoms with Crippen molar-refractivity contribution in [2.24, 2.45) is 0 Å². The van der Waals surface area contributed by atoms with Crippen LogP contribution in [-0.2, 0) is 0 Å². The van der Waals surface area contributed by atoms with Crippen molar-refractivity contribution in [3.05, 3.63) is 0 Å². The molecule has 1 saturated heterocycles. The lowest BCUT2D eigenvalue weighted by molar-refractivity contribution is 0.349. The van der Waals surface area contributed by atoms with Gasteiger partial charge in [0.25, 0.3) is 0 Å². The molecule has 0 radical (unpaired) electrons. The number of piperidine rings is 1.